The first kappa shape index (κ1) is 20.4. The molecule has 1 amide bonds. The van der Waals surface area contributed by atoms with Gasteiger partial charge in [0.25, 0.3) is 5.91 Å². The third-order valence-corrected chi connectivity index (χ3v) is 5.96. The van der Waals surface area contributed by atoms with E-state index in [-0.39, 0.29) is 5.69 Å². The summed E-state index contributed by atoms with van der Waals surface area (Å²) in [4.78, 5) is 12.6. The first-order valence-electron chi connectivity index (χ1n) is 10.6. The number of anilines is 2. The second-order valence-electron chi connectivity index (χ2n) is 8.04. The van der Waals surface area contributed by atoms with Gasteiger partial charge in [-0.3, -0.25) is 4.79 Å². The van der Waals surface area contributed by atoms with Gasteiger partial charge < -0.3 is 15.1 Å². The van der Waals surface area contributed by atoms with Gasteiger partial charge in [0, 0.05) is 35.5 Å². The van der Waals surface area contributed by atoms with E-state index in [0.717, 1.165) is 60.4 Å². The molecule has 2 N–H and O–H groups in total. The molecular weight excluding hydrogens is 417 g/mol. The van der Waals surface area contributed by atoms with E-state index in [1.165, 1.54) is 6.07 Å². The summed E-state index contributed by atoms with van der Waals surface area (Å²) < 4.78 is 45.3. The van der Waals surface area contributed by atoms with Crippen LogP contribution in [0.15, 0.2) is 52.9 Å². The second-order valence-corrected chi connectivity index (χ2v) is 8.04. The lowest BCUT2D eigenvalue weighted by Gasteiger charge is -2.12. The van der Waals surface area contributed by atoms with Gasteiger partial charge in [-0.25, -0.2) is 0 Å². The summed E-state index contributed by atoms with van der Waals surface area (Å²) in [6, 6.07) is 13.1. The molecule has 3 aromatic rings. The van der Waals surface area contributed by atoms with E-state index < -0.39 is 17.6 Å². The van der Waals surface area contributed by atoms with Crippen LogP contribution in [0.2, 0.25) is 0 Å². The van der Waals surface area contributed by atoms with Gasteiger partial charge in [-0.1, -0.05) is 24.3 Å². The molecule has 1 aromatic heterocycles. The quantitative estimate of drug-likeness (QED) is 0.471. The number of halogens is 3. The van der Waals surface area contributed by atoms with E-state index in [4.69, 9.17) is 4.42 Å². The highest BCUT2D eigenvalue weighted by atomic mass is 19.4. The fourth-order valence-corrected chi connectivity index (χ4v) is 4.35. The van der Waals surface area contributed by atoms with Crippen LogP contribution in [0.25, 0.3) is 11.6 Å². The number of benzene rings is 2. The SMILES string of the molecule is O=C1Nc2cc(C(F)(F)F)ccc2C1=Cc1oc2c(c1CNc1ccccc1)CCCC2. The van der Waals surface area contributed by atoms with Crippen molar-refractivity contribution < 1.29 is 22.4 Å². The van der Waals surface area contributed by atoms with Gasteiger partial charge in [0.05, 0.1) is 11.1 Å². The van der Waals surface area contributed by atoms with E-state index in [1.54, 1.807) is 6.08 Å². The van der Waals surface area contributed by atoms with Gasteiger partial charge in [-0.2, -0.15) is 13.2 Å². The minimum absolute atomic E-state index is 0.163. The van der Waals surface area contributed by atoms with Crippen LogP contribution in [0.3, 0.4) is 0 Å². The Kier molecular flexibility index (Phi) is 5.04. The van der Waals surface area contributed by atoms with Crippen LogP contribution in [0.1, 0.15) is 46.6 Å². The van der Waals surface area contributed by atoms with Crippen molar-refractivity contribution in [3.8, 4) is 0 Å². The molecule has 5 rings (SSSR count). The summed E-state index contributed by atoms with van der Waals surface area (Å²) in [7, 11) is 0. The number of alkyl halides is 3. The lowest BCUT2D eigenvalue weighted by Crippen LogP contribution is -2.07. The minimum Gasteiger partial charge on any atom is -0.461 e. The monoisotopic (exact) mass is 438 g/mol. The summed E-state index contributed by atoms with van der Waals surface area (Å²) in [6.45, 7) is 0.531. The zero-order valence-electron chi connectivity index (χ0n) is 17.2. The normalized spacial score (nSPS) is 16.6. The summed E-state index contributed by atoms with van der Waals surface area (Å²) in [6.07, 6.45) is 1.06. The van der Waals surface area contributed by atoms with E-state index >= 15 is 0 Å². The molecule has 164 valence electrons. The van der Waals surface area contributed by atoms with Crippen molar-refractivity contribution in [2.45, 2.75) is 38.4 Å². The molecule has 0 fully saturated rings. The van der Waals surface area contributed by atoms with Gasteiger partial charge in [-0.05, 0) is 55.2 Å². The Labute approximate surface area is 183 Å². The van der Waals surface area contributed by atoms with Gasteiger partial charge >= 0.3 is 6.18 Å². The zero-order chi connectivity index (χ0) is 22.3. The van der Waals surface area contributed by atoms with Crippen LogP contribution in [-0.2, 0) is 30.4 Å². The molecule has 1 aliphatic heterocycles. The highest BCUT2D eigenvalue weighted by Gasteiger charge is 2.34. The van der Waals surface area contributed by atoms with Crippen LogP contribution in [0, 0.1) is 0 Å². The topological polar surface area (TPSA) is 54.3 Å². The van der Waals surface area contributed by atoms with Gasteiger partial charge in [0.2, 0.25) is 0 Å². The molecule has 0 radical (unpaired) electrons. The Morgan fingerprint density at radius 2 is 1.84 bits per heavy atom. The molecule has 0 atom stereocenters. The van der Waals surface area contributed by atoms with Gasteiger partial charge in [0.1, 0.15) is 11.5 Å². The van der Waals surface area contributed by atoms with Gasteiger partial charge in [0.15, 0.2) is 0 Å². The lowest BCUT2D eigenvalue weighted by atomic mass is 9.94. The molecule has 2 aromatic carbocycles. The molecule has 0 unspecified atom stereocenters. The Hall–Kier alpha value is -3.48. The average Bonchev–Trinajstić information content (AvgIpc) is 3.29. The van der Waals surface area contributed by atoms with E-state index in [1.807, 2.05) is 30.3 Å². The largest absolute Gasteiger partial charge is 0.461 e. The van der Waals surface area contributed by atoms with Crippen molar-refractivity contribution in [1.82, 2.24) is 0 Å². The number of carbonyl (C=O) groups is 1. The Bertz CT molecular complexity index is 1210. The van der Waals surface area contributed by atoms with Crippen molar-refractivity contribution in [2.75, 3.05) is 10.6 Å². The fourth-order valence-electron chi connectivity index (χ4n) is 4.35. The maximum Gasteiger partial charge on any atom is 0.416 e. The van der Waals surface area contributed by atoms with Crippen LogP contribution in [0.5, 0.6) is 0 Å². The third kappa shape index (κ3) is 3.79. The first-order valence-corrected chi connectivity index (χ1v) is 10.6. The molecule has 2 heterocycles. The number of nitrogens with one attached hydrogen (secondary N) is 2. The Morgan fingerprint density at radius 3 is 2.62 bits per heavy atom. The maximum absolute atomic E-state index is 13.1. The standard InChI is InChI=1S/C25H21F3N2O2/c26-25(27,28)15-10-11-17-19(24(31)30-21(17)12-15)13-23-20(14-29-16-6-2-1-3-7-16)18-8-4-5-9-22(18)32-23/h1-3,6-7,10-13,29H,4-5,8-9,14H2,(H,30,31). The average molecular weight is 438 g/mol. The summed E-state index contributed by atoms with van der Waals surface area (Å²) in [5, 5.41) is 5.96. The lowest BCUT2D eigenvalue weighted by molar-refractivity contribution is -0.137. The molecule has 0 spiro atoms. The van der Waals surface area contributed by atoms with E-state index in [9.17, 15) is 18.0 Å². The van der Waals surface area contributed by atoms with Gasteiger partial charge in [-0.15, -0.1) is 0 Å². The molecule has 0 saturated heterocycles. The van der Waals surface area contributed by atoms with E-state index in [0.29, 0.717) is 23.4 Å². The first-order chi connectivity index (χ1) is 15.4. The minimum atomic E-state index is -4.47. The summed E-state index contributed by atoms with van der Waals surface area (Å²) >= 11 is 0. The number of aryl methyl sites for hydroxylation is 1. The van der Waals surface area contributed by atoms with Crippen molar-refractivity contribution >= 4 is 28.9 Å². The predicted octanol–water partition coefficient (Wildman–Crippen LogP) is 6.28. The molecule has 0 saturated carbocycles. The molecule has 32 heavy (non-hydrogen) atoms. The molecule has 1 aliphatic carbocycles. The Morgan fingerprint density at radius 1 is 1.06 bits per heavy atom. The van der Waals surface area contributed by atoms with E-state index in [2.05, 4.69) is 10.6 Å². The second kappa shape index (κ2) is 7.89. The third-order valence-electron chi connectivity index (χ3n) is 5.96. The number of fused-ring (bicyclic) bond motifs is 2. The molecule has 7 heteroatoms. The number of hydrogen-bond donors (Lipinski definition) is 2. The fraction of sp³-hybridized carbons (Fsp3) is 0.240. The highest BCUT2D eigenvalue weighted by molar-refractivity contribution is 6.34. The van der Waals surface area contributed by atoms with Crippen molar-refractivity contribution in [3.05, 3.63) is 82.3 Å². The Balaban J connectivity index is 1.53. The van der Waals surface area contributed by atoms with Crippen LogP contribution in [0.4, 0.5) is 24.5 Å². The number of para-hydroxylation sites is 1. The number of hydrogen-bond acceptors (Lipinski definition) is 3. The van der Waals surface area contributed by atoms with Crippen LogP contribution in [-0.4, -0.2) is 5.91 Å². The summed E-state index contributed by atoms with van der Waals surface area (Å²) in [5.74, 6) is 1.08. The van der Waals surface area contributed by atoms with Crippen molar-refractivity contribution in [3.63, 3.8) is 0 Å². The molecular formula is C25H21F3N2O2. The number of furan rings is 1. The number of amides is 1. The number of carbonyl (C=O) groups excluding carboxylic acids is 1. The number of rotatable bonds is 4. The highest BCUT2D eigenvalue weighted by Crippen LogP contribution is 2.40. The smallest absolute Gasteiger partial charge is 0.416 e. The van der Waals surface area contributed by atoms with Crippen molar-refractivity contribution in [1.29, 1.82) is 0 Å². The van der Waals surface area contributed by atoms with Crippen LogP contribution < -0.4 is 10.6 Å². The van der Waals surface area contributed by atoms with Crippen molar-refractivity contribution in [2.24, 2.45) is 0 Å². The zero-order valence-corrected chi connectivity index (χ0v) is 17.2. The van der Waals surface area contributed by atoms with Crippen LogP contribution >= 0.6 is 0 Å². The molecule has 4 nitrogen and oxygen atoms in total. The molecule has 2 aliphatic rings. The molecule has 0 bridgehead atoms. The maximum atomic E-state index is 13.1. The summed E-state index contributed by atoms with van der Waals surface area (Å²) in [5.41, 5.74) is 3.25. The predicted molar refractivity (Wildman–Crippen MR) is 117 cm³/mol.